The molecule has 1 amide bonds. The minimum Gasteiger partial charge on any atom is -0.497 e. The SMILES string of the molecule is CCc1ccc(CN(C)C(=O)CSc2nnc(-c3ccncc3)n2-c2ccc(OC)cc2)cc1. The maximum atomic E-state index is 12.9. The third-order valence-corrected chi connectivity index (χ3v) is 6.42. The fourth-order valence-corrected chi connectivity index (χ4v) is 4.39. The number of ether oxygens (including phenoxy) is 1. The summed E-state index contributed by atoms with van der Waals surface area (Å²) < 4.78 is 7.25. The molecular formula is C26H27N5O2S. The number of benzene rings is 2. The van der Waals surface area contributed by atoms with Gasteiger partial charge in [-0.1, -0.05) is 43.0 Å². The highest BCUT2D eigenvalue weighted by molar-refractivity contribution is 7.99. The zero-order valence-electron chi connectivity index (χ0n) is 19.5. The first-order chi connectivity index (χ1) is 16.6. The Bertz CT molecular complexity index is 1220. The van der Waals surface area contributed by atoms with E-state index in [4.69, 9.17) is 4.74 Å². The molecule has 34 heavy (non-hydrogen) atoms. The van der Waals surface area contributed by atoms with E-state index in [1.54, 1.807) is 24.4 Å². The van der Waals surface area contributed by atoms with Crippen LogP contribution in [0.25, 0.3) is 17.1 Å². The first-order valence-corrected chi connectivity index (χ1v) is 12.0. The second-order valence-corrected chi connectivity index (χ2v) is 8.73. The van der Waals surface area contributed by atoms with Crippen LogP contribution < -0.4 is 4.74 Å². The summed E-state index contributed by atoms with van der Waals surface area (Å²) in [4.78, 5) is 18.7. The molecule has 0 aliphatic heterocycles. The number of pyridine rings is 1. The maximum absolute atomic E-state index is 12.9. The van der Waals surface area contributed by atoms with Crippen LogP contribution in [-0.2, 0) is 17.8 Å². The largest absolute Gasteiger partial charge is 0.497 e. The van der Waals surface area contributed by atoms with Gasteiger partial charge < -0.3 is 9.64 Å². The van der Waals surface area contributed by atoms with E-state index in [2.05, 4.69) is 46.4 Å². The van der Waals surface area contributed by atoms with Gasteiger partial charge in [-0.15, -0.1) is 10.2 Å². The molecule has 2 heterocycles. The molecule has 0 atom stereocenters. The summed E-state index contributed by atoms with van der Waals surface area (Å²) in [7, 11) is 3.46. The molecule has 0 radical (unpaired) electrons. The van der Waals surface area contributed by atoms with Gasteiger partial charge in [0, 0.05) is 37.2 Å². The maximum Gasteiger partial charge on any atom is 0.233 e. The number of rotatable bonds is 9. The smallest absolute Gasteiger partial charge is 0.233 e. The summed E-state index contributed by atoms with van der Waals surface area (Å²) in [5.41, 5.74) is 4.18. The highest BCUT2D eigenvalue weighted by Crippen LogP contribution is 2.29. The van der Waals surface area contributed by atoms with Gasteiger partial charge in [-0.2, -0.15) is 0 Å². The van der Waals surface area contributed by atoms with Crippen molar-refractivity contribution in [2.24, 2.45) is 0 Å². The van der Waals surface area contributed by atoms with Crippen LogP contribution in [0.15, 0.2) is 78.2 Å². The normalized spacial score (nSPS) is 10.8. The van der Waals surface area contributed by atoms with Crippen molar-refractivity contribution >= 4 is 17.7 Å². The monoisotopic (exact) mass is 473 g/mol. The molecule has 4 rings (SSSR count). The first-order valence-electron chi connectivity index (χ1n) is 11.0. The molecule has 0 fully saturated rings. The van der Waals surface area contributed by atoms with Crippen LogP contribution in [0.2, 0.25) is 0 Å². The summed E-state index contributed by atoms with van der Waals surface area (Å²) >= 11 is 1.37. The number of aryl methyl sites for hydroxylation is 1. The molecule has 2 aromatic heterocycles. The van der Waals surface area contributed by atoms with Crippen LogP contribution in [0.1, 0.15) is 18.1 Å². The number of carbonyl (C=O) groups excluding carboxylic acids is 1. The molecule has 0 unspecified atom stereocenters. The number of hydrogen-bond donors (Lipinski definition) is 0. The highest BCUT2D eigenvalue weighted by Gasteiger charge is 2.18. The molecule has 0 bridgehead atoms. The van der Waals surface area contributed by atoms with Crippen molar-refractivity contribution in [1.82, 2.24) is 24.6 Å². The Labute approximate surface area is 203 Å². The lowest BCUT2D eigenvalue weighted by atomic mass is 10.1. The van der Waals surface area contributed by atoms with Crippen LogP contribution >= 0.6 is 11.8 Å². The minimum atomic E-state index is 0.0271. The Hall–Kier alpha value is -3.65. The van der Waals surface area contributed by atoms with E-state index in [1.165, 1.54) is 17.3 Å². The topological polar surface area (TPSA) is 73.1 Å². The fraction of sp³-hybridized carbons (Fsp3) is 0.231. The molecular weight excluding hydrogens is 446 g/mol. The number of amides is 1. The Balaban J connectivity index is 1.52. The molecule has 0 N–H and O–H groups in total. The Morgan fingerprint density at radius 1 is 0.971 bits per heavy atom. The number of carbonyl (C=O) groups is 1. The van der Waals surface area contributed by atoms with Crippen LogP contribution in [0.5, 0.6) is 5.75 Å². The molecule has 0 aliphatic carbocycles. The molecule has 0 saturated carbocycles. The van der Waals surface area contributed by atoms with Crippen molar-refractivity contribution in [2.45, 2.75) is 25.0 Å². The number of methoxy groups -OCH3 is 1. The second kappa shape index (κ2) is 11.0. The fourth-order valence-electron chi connectivity index (χ4n) is 3.49. The van der Waals surface area contributed by atoms with E-state index >= 15 is 0 Å². The zero-order valence-corrected chi connectivity index (χ0v) is 20.3. The zero-order chi connectivity index (χ0) is 23.9. The van der Waals surface area contributed by atoms with E-state index in [0.717, 1.165) is 29.0 Å². The number of hydrogen-bond acceptors (Lipinski definition) is 6. The molecule has 8 heteroatoms. The number of nitrogens with zero attached hydrogens (tertiary/aromatic N) is 5. The van der Waals surface area contributed by atoms with E-state index in [0.29, 0.717) is 17.5 Å². The van der Waals surface area contributed by atoms with Crippen molar-refractivity contribution in [3.8, 4) is 22.8 Å². The summed E-state index contributed by atoms with van der Waals surface area (Å²) in [5, 5.41) is 9.46. The van der Waals surface area contributed by atoms with Crippen LogP contribution in [0.3, 0.4) is 0 Å². The summed E-state index contributed by atoms with van der Waals surface area (Å²) in [6.45, 7) is 2.70. The molecule has 0 saturated heterocycles. The highest BCUT2D eigenvalue weighted by atomic mass is 32.2. The van der Waals surface area contributed by atoms with Gasteiger partial charge in [0.2, 0.25) is 5.91 Å². The number of thioether (sulfide) groups is 1. The standard InChI is InChI=1S/C26H27N5O2S/c1-4-19-5-7-20(8-6-19)17-30(2)24(32)18-34-26-29-28-25(21-13-15-27-16-14-21)31(26)22-9-11-23(33-3)12-10-22/h5-16H,4,17-18H2,1-3H3. The third-order valence-electron chi connectivity index (χ3n) is 5.50. The van der Waals surface area contributed by atoms with Gasteiger partial charge in [0.05, 0.1) is 12.9 Å². The Kier molecular flexibility index (Phi) is 7.59. The third kappa shape index (κ3) is 5.46. The molecule has 7 nitrogen and oxygen atoms in total. The number of aromatic nitrogens is 4. The van der Waals surface area contributed by atoms with Crippen molar-refractivity contribution in [1.29, 1.82) is 0 Å². The van der Waals surface area contributed by atoms with Gasteiger partial charge in [-0.25, -0.2) is 0 Å². The summed E-state index contributed by atoms with van der Waals surface area (Å²) in [6, 6.07) is 19.8. The molecule has 2 aromatic carbocycles. The van der Waals surface area contributed by atoms with Gasteiger partial charge in [0.15, 0.2) is 11.0 Å². The second-order valence-electron chi connectivity index (χ2n) is 7.78. The summed E-state index contributed by atoms with van der Waals surface area (Å²) in [5.74, 6) is 1.74. The lowest BCUT2D eigenvalue weighted by Crippen LogP contribution is -2.27. The van der Waals surface area contributed by atoms with Crippen molar-refractivity contribution in [3.63, 3.8) is 0 Å². The molecule has 0 aliphatic rings. The average molecular weight is 474 g/mol. The van der Waals surface area contributed by atoms with Gasteiger partial charge in [-0.3, -0.25) is 14.3 Å². The average Bonchev–Trinajstić information content (AvgIpc) is 3.32. The van der Waals surface area contributed by atoms with Gasteiger partial charge >= 0.3 is 0 Å². The van der Waals surface area contributed by atoms with Gasteiger partial charge in [0.25, 0.3) is 0 Å². The van der Waals surface area contributed by atoms with E-state index in [-0.39, 0.29) is 11.7 Å². The van der Waals surface area contributed by atoms with Crippen molar-refractivity contribution < 1.29 is 9.53 Å². The Morgan fingerprint density at radius 2 is 1.65 bits per heavy atom. The quantitative estimate of drug-likeness (QED) is 0.330. The van der Waals surface area contributed by atoms with Crippen molar-refractivity contribution in [3.05, 3.63) is 84.2 Å². The van der Waals surface area contributed by atoms with Crippen LogP contribution in [0.4, 0.5) is 0 Å². The first kappa shape index (κ1) is 23.5. The summed E-state index contributed by atoms with van der Waals surface area (Å²) in [6.07, 6.45) is 4.45. The van der Waals surface area contributed by atoms with Gasteiger partial charge in [-0.05, 0) is 53.9 Å². The predicted octanol–water partition coefficient (Wildman–Crippen LogP) is 4.65. The van der Waals surface area contributed by atoms with Crippen molar-refractivity contribution in [2.75, 3.05) is 19.9 Å². The van der Waals surface area contributed by atoms with Crippen LogP contribution in [0, 0.1) is 0 Å². The van der Waals surface area contributed by atoms with E-state index in [1.807, 2.05) is 48.0 Å². The van der Waals surface area contributed by atoms with E-state index in [9.17, 15) is 4.79 Å². The lowest BCUT2D eigenvalue weighted by molar-refractivity contribution is -0.127. The lowest BCUT2D eigenvalue weighted by Gasteiger charge is -2.17. The van der Waals surface area contributed by atoms with Gasteiger partial charge in [0.1, 0.15) is 5.75 Å². The Morgan fingerprint density at radius 3 is 2.29 bits per heavy atom. The predicted molar refractivity (Wildman–Crippen MR) is 134 cm³/mol. The molecule has 0 spiro atoms. The molecule has 174 valence electrons. The van der Waals surface area contributed by atoms with E-state index < -0.39 is 0 Å². The molecule has 4 aromatic rings. The minimum absolute atomic E-state index is 0.0271. The van der Waals surface area contributed by atoms with Crippen LogP contribution in [-0.4, -0.2) is 50.5 Å².